The molecule has 0 fully saturated rings. The molecule has 0 saturated carbocycles. The molecule has 0 aliphatic rings. The number of aliphatic hydroxyl groups is 1. The Hall–Kier alpha value is -0.990. The topological polar surface area (TPSA) is 58.6 Å². The number of aliphatic hydroxyl groups excluding tert-OH is 1. The van der Waals surface area contributed by atoms with Crippen molar-refractivity contribution in [3.05, 3.63) is 12.3 Å². The molecule has 0 atom stereocenters. The van der Waals surface area contributed by atoms with Crippen LogP contribution in [0.1, 0.15) is 20.8 Å². The lowest BCUT2D eigenvalue weighted by atomic mass is 10.1. The molecule has 0 spiro atoms. The standard InChI is InChI=1S/C7H14N2O/c1-7(2,3)9-6(8)4-5-10/h4-5,10H,1-3H3,(H2,8,9)/b5-4+. The molecular weight excluding hydrogens is 128 g/mol. The number of hydrogen-bond donors (Lipinski definition) is 2. The first-order valence-electron chi connectivity index (χ1n) is 3.12. The van der Waals surface area contributed by atoms with E-state index in [1.54, 1.807) is 0 Å². The Morgan fingerprint density at radius 1 is 1.50 bits per heavy atom. The minimum atomic E-state index is -0.177. The smallest absolute Gasteiger partial charge is 0.121 e. The van der Waals surface area contributed by atoms with Crippen LogP contribution in [-0.2, 0) is 0 Å². The highest BCUT2D eigenvalue weighted by Gasteiger charge is 2.05. The van der Waals surface area contributed by atoms with E-state index in [0.717, 1.165) is 6.26 Å². The van der Waals surface area contributed by atoms with Gasteiger partial charge in [0.25, 0.3) is 0 Å². The van der Waals surface area contributed by atoms with Gasteiger partial charge in [-0.2, -0.15) is 0 Å². The average molecular weight is 142 g/mol. The molecule has 3 heteroatoms. The average Bonchev–Trinajstić information content (AvgIpc) is 1.59. The summed E-state index contributed by atoms with van der Waals surface area (Å²) in [6, 6.07) is 0. The minimum absolute atomic E-state index is 0.177. The van der Waals surface area contributed by atoms with Gasteiger partial charge in [-0.15, -0.1) is 0 Å². The van der Waals surface area contributed by atoms with E-state index in [1.165, 1.54) is 6.08 Å². The lowest BCUT2D eigenvalue weighted by Crippen LogP contribution is -2.18. The van der Waals surface area contributed by atoms with Crippen LogP contribution in [0.15, 0.2) is 17.3 Å². The molecule has 0 aromatic heterocycles. The van der Waals surface area contributed by atoms with Gasteiger partial charge < -0.3 is 10.8 Å². The van der Waals surface area contributed by atoms with Crippen LogP contribution in [0.4, 0.5) is 0 Å². The Morgan fingerprint density at radius 2 is 2.00 bits per heavy atom. The fraction of sp³-hybridized carbons (Fsp3) is 0.571. The first-order valence-corrected chi connectivity index (χ1v) is 3.12. The quantitative estimate of drug-likeness (QED) is 0.328. The van der Waals surface area contributed by atoms with E-state index in [4.69, 9.17) is 10.8 Å². The summed E-state index contributed by atoms with van der Waals surface area (Å²) in [5.74, 6) is 0.343. The summed E-state index contributed by atoms with van der Waals surface area (Å²) >= 11 is 0. The summed E-state index contributed by atoms with van der Waals surface area (Å²) in [6.45, 7) is 5.81. The molecule has 10 heavy (non-hydrogen) atoms. The van der Waals surface area contributed by atoms with Gasteiger partial charge >= 0.3 is 0 Å². The summed E-state index contributed by atoms with van der Waals surface area (Å²) in [7, 11) is 0. The van der Waals surface area contributed by atoms with Crippen LogP contribution >= 0.6 is 0 Å². The molecule has 0 aliphatic heterocycles. The van der Waals surface area contributed by atoms with E-state index in [9.17, 15) is 0 Å². The number of hydrogen-bond acceptors (Lipinski definition) is 2. The van der Waals surface area contributed by atoms with Crippen molar-refractivity contribution in [1.29, 1.82) is 0 Å². The van der Waals surface area contributed by atoms with E-state index < -0.39 is 0 Å². The monoisotopic (exact) mass is 142 g/mol. The molecular formula is C7H14N2O. The van der Waals surface area contributed by atoms with Crippen LogP contribution in [0, 0.1) is 0 Å². The van der Waals surface area contributed by atoms with Crippen LogP contribution < -0.4 is 5.73 Å². The number of nitrogens with two attached hydrogens (primary N) is 1. The first kappa shape index (κ1) is 9.01. The molecule has 0 saturated heterocycles. The second-order valence-electron chi connectivity index (χ2n) is 3.02. The van der Waals surface area contributed by atoms with E-state index in [0.29, 0.717) is 5.84 Å². The van der Waals surface area contributed by atoms with E-state index in [1.807, 2.05) is 20.8 Å². The lowest BCUT2D eigenvalue weighted by molar-refractivity contribution is 0.474. The van der Waals surface area contributed by atoms with Crippen molar-refractivity contribution in [3.8, 4) is 0 Å². The largest absolute Gasteiger partial charge is 0.515 e. The van der Waals surface area contributed by atoms with Crippen molar-refractivity contribution in [3.63, 3.8) is 0 Å². The normalized spacial score (nSPS) is 14.5. The third-order valence-corrected chi connectivity index (χ3v) is 0.710. The number of aliphatic imine (C=N–C) groups is 1. The minimum Gasteiger partial charge on any atom is -0.515 e. The molecule has 0 bridgehead atoms. The fourth-order valence-electron chi connectivity index (χ4n) is 0.501. The number of rotatable bonds is 1. The molecule has 58 valence electrons. The van der Waals surface area contributed by atoms with Gasteiger partial charge in [-0.25, -0.2) is 0 Å². The van der Waals surface area contributed by atoms with E-state index >= 15 is 0 Å². The molecule has 3 N–H and O–H groups in total. The molecule has 0 rings (SSSR count). The van der Waals surface area contributed by atoms with Crippen molar-refractivity contribution in [1.82, 2.24) is 0 Å². The van der Waals surface area contributed by atoms with Gasteiger partial charge in [0.2, 0.25) is 0 Å². The number of nitrogens with zero attached hydrogens (tertiary/aromatic N) is 1. The second kappa shape index (κ2) is 3.25. The van der Waals surface area contributed by atoms with Crippen LogP contribution in [0.5, 0.6) is 0 Å². The van der Waals surface area contributed by atoms with Gasteiger partial charge in [0.1, 0.15) is 5.84 Å². The highest BCUT2D eigenvalue weighted by molar-refractivity contribution is 5.91. The maximum absolute atomic E-state index is 8.29. The summed E-state index contributed by atoms with van der Waals surface area (Å²) < 4.78 is 0. The van der Waals surface area contributed by atoms with Crippen LogP contribution in [0.2, 0.25) is 0 Å². The van der Waals surface area contributed by atoms with Crippen molar-refractivity contribution >= 4 is 5.84 Å². The van der Waals surface area contributed by atoms with Gasteiger partial charge in [0, 0.05) is 6.08 Å². The third-order valence-electron chi connectivity index (χ3n) is 0.710. The summed E-state index contributed by atoms with van der Waals surface area (Å²) in [6.07, 6.45) is 2.23. The van der Waals surface area contributed by atoms with Crippen molar-refractivity contribution < 1.29 is 5.11 Å². The van der Waals surface area contributed by atoms with E-state index in [2.05, 4.69) is 4.99 Å². The Balaban J connectivity index is 4.17. The fourth-order valence-corrected chi connectivity index (χ4v) is 0.501. The highest BCUT2D eigenvalue weighted by atomic mass is 16.2. The Labute approximate surface area is 61.3 Å². The summed E-state index contributed by atoms with van der Waals surface area (Å²) in [4.78, 5) is 4.05. The van der Waals surface area contributed by atoms with E-state index in [-0.39, 0.29) is 5.54 Å². The molecule has 0 unspecified atom stereocenters. The molecule has 0 amide bonds. The molecule has 0 radical (unpaired) electrons. The maximum atomic E-state index is 8.29. The van der Waals surface area contributed by atoms with Gasteiger partial charge in [-0.1, -0.05) is 0 Å². The predicted octanol–water partition coefficient (Wildman–Crippen LogP) is 1.21. The zero-order valence-electron chi connectivity index (χ0n) is 6.63. The van der Waals surface area contributed by atoms with Gasteiger partial charge in [0.15, 0.2) is 0 Å². The van der Waals surface area contributed by atoms with Gasteiger partial charge in [-0.3, -0.25) is 4.99 Å². The first-order chi connectivity index (χ1) is 4.45. The predicted molar refractivity (Wildman–Crippen MR) is 43.1 cm³/mol. The van der Waals surface area contributed by atoms with Crippen molar-refractivity contribution in [2.24, 2.45) is 10.7 Å². The van der Waals surface area contributed by atoms with Crippen molar-refractivity contribution in [2.45, 2.75) is 26.3 Å². The molecule has 0 heterocycles. The second-order valence-corrected chi connectivity index (χ2v) is 3.02. The Morgan fingerprint density at radius 3 is 2.30 bits per heavy atom. The third kappa shape index (κ3) is 5.15. The maximum Gasteiger partial charge on any atom is 0.121 e. The van der Waals surface area contributed by atoms with Crippen LogP contribution in [-0.4, -0.2) is 16.5 Å². The van der Waals surface area contributed by atoms with Crippen LogP contribution in [0.3, 0.4) is 0 Å². The lowest BCUT2D eigenvalue weighted by Gasteiger charge is -2.11. The molecule has 0 aromatic rings. The zero-order chi connectivity index (χ0) is 8.20. The Kier molecular flexibility index (Phi) is 2.93. The molecule has 0 aromatic carbocycles. The number of amidine groups is 1. The van der Waals surface area contributed by atoms with Gasteiger partial charge in [0.05, 0.1) is 11.8 Å². The van der Waals surface area contributed by atoms with Crippen molar-refractivity contribution in [2.75, 3.05) is 0 Å². The summed E-state index contributed by atoms with van der Waals surface area (Å²) in [5, 5.41) is 8.29. The zero-order valence-corrected chi connectivity index (χ0v) is 6.63. The van der Waals surface area contributed by atoms with Crippen LogP contribution in [0.25, 0.3) is 0 Å². The summed E-state index contributed by atoms with van der Waals surface area (Å²) in [5.41, 5.74) is 5.20. The molecule has 0 aliphatic carbocycles. The SMILES string of the molecule is CC(C)(C)N=C(N)/C=C/O. The Bertz CT molecular complexity index is 153. The van der Waals surface area contributed by atoms with Gasteiger partial charge in [-0.05, 0) is 20.8 Å². The highest BCUT2D eigenvalue weighted by Crippen LogP contribution is 2.05. The molecule has 3 nitrogen and oxygen atoms in total.